The van der Waals surface area contributed by atoms with Crippen molar-refractivity contribution in [1.29, 1.82) is 0 Å². The van der Waals surface area contributed by atoms with Crippen molar-refractivity contribution in [2.45, 2.75) is 6.04 Å². The zero-order chi connectivity index (χ0) is 8.27. The predicted octanol–water partition coefficient (Wildman–Crippen LogP) is 1.08. The third-order valence-corrected chi connectivity index (χ3v) is 1.77. The van der Waals surface area contributed by atoms with Gasteiger partial charge in [0.25, 0.3) is 0 Å². The van der Waals surface area contributed by atoms with E-state index < -0.39 is 11.6 Å². The fraction of sp³-hybridized carbons (Fsp3) is 0.143. The van der Waals surface area contributed by atoms with Crippen molar-refractivity contribution in [3.63, 3.8) is 0 Å². The van der Waals surface area contributed by atoms with Gasteiger partial charge in [-0.1, -0.05) is 0 Å². The van der Waals surface area contributed by atoms with Gasteiger partial charge >= 0.3 is 0 Å². The summed E-state index contributed by atoms with van der Waals surface area (Å²) in [4.78, 5) is 8.48. The highest BCUT2D eigenvalue weighted by molar-refractivity contribution is 6.24. The molecule has 0 atom stereocenters. The van der Waals surface area contributed by atoms with E-state index in [1.54, 1.807) is 0 Å². The molecule has 0 saturated carbocycles. The fourth-order valence-electron chi connectivity index (χ4n) is 0.804. The van der Waals surface area contributed by atoms with Gasteiger partial charge in [-0.2, -0.15) is 0 Å². The van der Waals surface area contributed by atoms with Crippen LogP contribution in [0.3, 0.4) is 0 Å². The molecule has 1 aromatic carbocycles. The highest BCUT2D eigenvalue weighted by atomic mass is 28.2. The second-order valence-electron chi connectivity index (χ2n) is 2.11. The summed E-state index contributed by atoms with van der Waals surface area (Å²) in [5.74, 6) is -1.20. The van der Waals surface area contributed by atoms with E-state index in [9.17, 15) is 8.78 Å². The zero-order valence-corrected chi connectivity index (χ0v) is 6.64. The third-order valence-electron chi connectivity index (χ3n) is 1.21. The molecule has 1 rings (SSSR count). The first kappa shape index (κ1) is 8.35. The van der Waals surface area contributed by atoms with Crippen LogP contribution in [0.1, 0.15) is 5.56 Å². The summed E-state index contributed by atoms with van der Waals surface area (Å²) < 4.78 is 24.9. The molecule has 0 amide bonds. The molecule has 0 spiro atoms. The molecule has 11 heavy (non-hydrogen) atoms. The molecule has 1 aromatic rings. The maximum Gasteiger partial charge on any atom is 0.229 e. The van der Waals surface area contributed by atoms with E-state index in [2.05, 4.69) is 0 Å². The van der Waals surface area contributed by atoms with Crippen LogP contribution in [0.2, 0.25) is 0 Å². The van der Waals surface area contributed by atoms with Crippen molar-refractivity contribution in [2.24, 2.45) is 0 Å². The lowest BCUT2D eigenvalue weighted by Crippen LogP contribution is -1.96. The van der Waals surface area contributed by atoms with Crippen LogP contribution in [0.25, 0.3) is 0 Å². The first-order valence-electron chi connectivity index (χ1n) is 3.04. The molecule has 4 heteroatoms. The minimum absolute atomic E-state index is 0.305. The Morgan fingerprint density at radius 1 is 1.18 bits per heavy atom. The van der Waals surface area contributed by atoms with E-state index in [-0.39, 0.29) is 9.76 Å². The van der Waals surface area contributed by atoms with Crippen molar-refractivity contribution in [3.8, 4) is 0 Å². The maximum atomic E-state index is 12.4. The summed E-state index contributed by atoms with van der Waals surface area (Å²) in [6.45, 7) is 0. The average molecular weight is 172 g/mol. The van der Waals surface area contributed by atoms with Crippen molar-refractivity contribution < 1.29 is 13.6 Å². The molecule has 0 aliphatic rings. The summed E-state index contributed by atoms with van der Waals surface area (Å²) in [7, 11) is -0.305. The monoisotopic (exact) mass is 172 g/mol. The number of benzene rings is 1. The fourth-order valence-corrected chi connectivity index (χ4v) is 1.19. The summed E-state index contributed by atoms with van der Waals surface area (Å²) in [6, 6.07) is 3.55. The Kier molecular flexibility index (Phi) is 2.73. The van der Waals surface area contributed by atoms with Gasteiger partial charge in [-0.05, 0) is 23.7 Å². The van der Waals surface area contributed by atoms with Crippen LogP contribution in [0.4, 0.5) is 8.78 Å². The predicted molar refractivity (Wildman–Crippen MR) is 38.0 cm³/mol. The minimum atomic E-state index is -0.599. The molecule has 1 N–H and O–H groups in total. The summed E-state index contributed by atoms with van der Waals surface area (Å²) in [5.41, 5.74) is 0.489. The van der Waals surface area contributed by atoms with Crippen LogP contribution >= 0.6 is 0 Å². The van der Waals surface area contributed by atoms with E-state index >= 15 is 0 Å². The highest BCUT2D eigenvalue weighted by Gasteiger charge is 1.99. The molecule has 0 aromatic heterocycles. The van der Waals surface area contributed by atoms with Crippen molar-refractivity contribution in [3.05, 3.63) is 35.4 Å². The molecule has 0 bridgehead atoms. The van der Waals surface area contributed by atoms with Gasteiger partial charge in [0.05, 0.1) is 0 Å². The number of hydrogen-bond donors (Lipinski definition) is 1. The first-order valence-corrected chi connectivity index (χ1v) is 4.20. The molecule has 2 radical (unpaired) electrons. The smallest absolute Gasteiger partial charge is 0.229 e. The lowest BCUT2D eigenvalue weighted by atomic mass is 10.2. The molecule has 58 valence electrons. The summed E-state index contributed by atoms with van der Waals surface area (Å²) >= 11 is 0. The minimum Gasteiger partial charge on any atom is -0.431 e. The number of hydrogen-bond acceptors (Lipinski definition) is 1. The van der Waals surface area contributed by atoms with Gasteiger partial charge in [0, 0.05) is 6.07 Å². The molecule has 0 heterocycles. The Balaban J connectivity index is 2.89. The molecular formula is C7H6F2OSi. The Morgan fingerprint density at radius 2 is 1.73 bits per heavy atom. The Hall–Kier alpha value is -0.743. The van der Waals surface area contributed by atoms with Gasteiger partial charge in [0.1, 0.15) is 11.6 Å². The lowest BCUT2D eigenvalue weighted by Gasteiger charge is -1.96. The molecule has 0 aliphatic heterocycles. The van der Waals surface area contributed by atoms with Crippen LogP contribution < -0.4 is 0 Å². The van der Waals surface area contributed by atoms with Crippen LogP contribution in [-0.4, -0.2) is 14.6 Å². The molecule has 1 nitrogen and oxygen atoms in total. The van der Waals surface area contributed by atoms with Crippen LogP contribution in [-0.2, 0) is 6.04 Å². The first-order chi connectivity index (χ1) is 5.22. The van der Waals surface area contributed by atoms with Gasteiger partial charge < -0.3 is 4.80 Å². The van der Waals surface area contributed by atoms with Crippen molar-refractivity contribution >= 4 is 9.76 Å². The van der Waals surface area contributed by atoms with Gasteiger partial charge in [0.15, 0.2) is 0 Å². The molecule has 0 saturated heterocycles. The molecule has 0 fully saturated rings. The quantitative estimate of drug-likeness (QED) is 0.662. The zero-order valence-electron chi connectivity index (χ0n) is 5.64. The second-order valence-corrected chi connectivity index (χ2v) is 2.78. The van der Waals surface area contributed by atoms with E-state index in [0.29, 0.717) is 11.6 Å². The summed E-state index contributed by atoms with van der Waals surface area (Å²) in [6.07, 6.45) is 0. The van der Waals surface area contributed by atoms with E-state index in [0.717, 1.165) is 6.07 Å². The SMILES string of the molecule is O[Si]Cc1cc(F)cc(F)c1. The maximum absolute atomic E-state index is 12.4. The van der Waals surface area contributed by atoms with Crippen molar-refractivity contribution in [2.75, 3.05) is 0 Å². The van der Waals surface area contributed by atoms with Crippen molar-refractivity contribution in [1.82, 2.24) is 0 Å². The highest BCUT2D eigenvalue weighted by Crippen LogP contribution is 2.07. The largest absolute Gasteiger partial charge is 0.431 e. The Bertz CT molecular complexity index is 232. The number of rotatable bonds is 2. The van der Waals surface area contributed by atoms with E-state index in [1.807, 2.05) is 0 Å². The van der Waals surface area contributed by atoms with E-state index in [1.165, 1.54) is 12.1 Å². The third kappa shape index (κ3) is 2.40. The van der Waals surface area contributed by atoms with Gasteiger partial charge in [-0.3, -0.25) is 0 Å². The van der Waals surface area contributed by atoms with Gasteiger partial charge in [0.2, 0.25) is 9.76 Å². The standard InChI is InChI=1S/C7H6F2OSi/c8-6-1-5(4-11-10)2-7(9)3-6/h1-3,10H,4H2. The second kappa shape index (κ2) is 3.59. The normalized spacial score (nSPS) is 10.1. The van der Waals surface area contributed by atoms with Crippen LogP contribution in [0, 0.1) is 11.6 Å². The van der Waals surface area contributed by atoms with Crippen LogP contribution in [0.15, 0.2) is 18.2 Å². The molecule has 0 unspecified atom stereocenters. The molecule has 0 aliphatic carbocycles. The molecular weight excluding hydrogens is 166 g/mol. The Labute approximate surface area is 65.6 Å². The van der Waals surface area contributed by atoms with Crippen LogP contribution in [0.5, 0.6) is 0 Å². The lowest BCUT2D eigenvalue weighted by molar-refractivity contribution is 0.578. The summed E-state index contributed by atoms with van der Waals surface area (Å²) in [5, 5.41) is 0. The Morgan fingerprint density at radius 3 is 2.18 bits per heavy atom. The van der Waals surface area contributed by atoms with Gasteiger partial charge in [-0.25, -0.2) is 8.78 Å². The number of halogens is 2. The average Bonchev–Trinajstić information content (AvgIpc) is 1.85. The topological polar surface area (TPSA) is 20.2 Å². The van der Waals surface area contributed by atoms with Gasteiger partial charge in [-0.15, -0.1) is 0 Å². The van der Waals surface area contributed by atoms with E-state index in [4.69, 9.17) is 4.80 Å².